The molecule has 0 amide bonds. The Hall–Kier alpha value is -2.63. The lowest BCUT2D eigenvalue weighted by molar-refractivity contribution is 0.147. The molecule has 0 unspecified atom stereocenters. The minimum absolute atomic E-state index is 0.185. The fourth-order valence-electron chi connectivity index (χ4n) is 3.89. The molecule has 0 bridgehead atoms. The minimum Gasteiger partial charge on any atom is -0.507 e. The Labute approximate surface area is 164 Å². The number of aromatic hydroxyl groups is 1. The maximum Gasteiger partial charge on any atom is 0.340 e. The summed E-state index contributed by atoms with van der Waals surface area (Å²) in [5, 5.41) is 11.4. The predicted octanol–water partition coefficient (Wildman–Crippen LogP) is 3.15. The van der Waals surface area contributed by atoms with Crippen molar-refractivity contribution in [2.75, 3.05) is 33.2 Å². The van der Waals surface area contributed by atoms with Crippen LogP contribution in [-0.4, -0.2) is 48.1 Å². The molecule has 2 aromatic carbocycles. The lowest BCUT2D eigenvalue weighted by atomic mass is 9.98. The zero-order chi connectivity index (χ0) is 19.7. The van der Waals surface area contributed by atoms with E-state index < -0.39 is 0 Å². The van der Waals surface area contributed by atoms with Gasteiger partial charge in [0.15, 0.2) is 0 Å². The van der Waals surface area contributed by atoms with Gasteiger partial charge in [-0.05, 0) is 37.2 Å². The topological polar surface area (TPSA) is 56.9 Å². The number of benzene rings is 2. The molecule has 5 nitrogen and oxygen atoms in total. The SMILES string of the molecule is Cc1c(Cc2ccccc2)c(=O)oc2c(CN3CCN(C)CC3)c(O)ccc12. The zero-order valence-corrected chi connectivity index (χ0v) is 16.4. The van der Waals surface area contributed by atoms with Gasteiger partial charge in [0.2, 0.25) is 0 Å². The van der Waals surface area contributed by atoms with Crippen LogP contribution in [0, 0.1) is 6.92 Å². The number of phenolic OH excluding ortho intramolecular Hbond substituents is 1. The van der Waals surface area contributed by atoms with Gasteiger partial charge >= 0.3 is 5.63 Å². The monoisotopic (exact) mass is 378 g/mol. The molecule has 0 radical (unpaired) electrons. The molecule has 146 valence electrons. The summed E-state index contributed by atoms with van der Waals surface area (Å²) in [5.74, 6) is 0.185. The van der Waals surface area contributed by atoms with Gasteiger partial charge in [0.25, 0.3) is 0 Å². The third-order valence-corrected chi connectivity index (χ3v) is 5.73. The highest BCUT2D eigenvalue weighted by Gasteiger charge is 2.20. The minimum atomic E-state index is -0.320. The summed E-state index contributed by atoms with van der Waals surface area (Å²) in [5.41, 5.74) is 3.57. The first-order valence-corrected chi connectivity index (χ1v) is 9.75. The molecule has 1 aliphatic rings. The van der Waals surface area contributed by atoms with E-state index in [2.05, 4.69) is 16.8 Å². The van der Waals surface area contributed by atoms with Crippen molar-refractivity contribution in [2.24, 2.45) is 0 Å². The van der Waals surface area contributed by atoms with E-state index in [0.717, 1.165) is 42.7 Å². The van der Waals surface area contributed by atoms with E-state index in [9.17, 15) is 9.90 Å². The normalized spacial score (nSPS) is 15.9. The first-order valence-electron chi connectivity index (χ1n) is 9.75. The Morgan fingerprint density at radius 3 is 2.43 bits per heavy atom. The molecule has 0 saturated carbocycles. The molecule has 1 fully saturated rings. The number of piperazine rings is 1. The molecule has 0 aliphatic carbocycles. The van der Waals surface area contributed by atoms with Crippen molar-refractivity contribution in [3.05, 3.63) is 75.1 Å². The fourth-order valence-corrected chi connectivity index (χ4v) is 3.89. The van der Waals surface area contributed by atoms with Crippen molar-refractivity contribution in [3.8, 4) is 5.75 Å². The van der Waals surface area contributed by atoms with Gasteiger partial charge in [-0.3, -0.25) is 4.90 Å². The Morgan fingerprint density at radius 2 is 1.71 bits per heavy atom. The highest BCUT2D eigenvalue weighted by molar-refractivity contribution is 5.85. The van der Waals surface area contributed by atoms with E-state index >= 15 is 0 Å². The smallest absolute Gasteiger partial charge is 0.340 e. The number of phenols is 1. The van der Waals surface area contributed by atoms with E-state index in [-0.39, 0.29) is 11.4 Å². The summed E-state index contributed by atoms with van der Waals surface area (Å²) < 4.78 is 5.77. The molecular formula is C23H26N2O3. The summed E-state index contributed by atoms with van der Waals surface area (Å²) in [7, 11) is 2.11. The molecule has 2 heterocycles. The summed E-state index contributed by atoms with van der Waals surface area (Å²) in [6.07, 6.45) is 0.541. The first-order chi connectivity index (χ1) is 13.5. The van der Waals surface area contributed by atoms with E-state index in [1.54, 1.807) is 6.07 Å². The standard InChI is InChI=1S/C23H26N2O3/c1-16-18-8-9-21(26)20(15-25-12-10-24(2)11-13-25)22(18)28-23(27)19(16)14-17-6-4-3-5-7-17/h3-9,26H,10-15H2,1-2H3. The molecule has 3 aromatic rings. The average molecular weight is 378 g/mol. The maximum absolute atomic E-state index is 12.8. The molecule has 1 aromatic heterocycles. The Bertz CT molecular complexity index is 1040. The second-order valence-corrected chi connectivity index (χ2v) is 7.67. The molecule has 1 aliphatic heterocycles. The van der Waals surface area contributed by atoms with E-state index in [1.807, 2.05) is 43.3 Å². The van der Waals surface area contributed by atoms with Gasteiger partial charge in [-0.25, -0.2) is 4.79 Å². The average Bonchev–Trinajstić information content (AvgIpc) is 2.70. The highest BCUT2D eigenvalue weighted by Crippen LogP contribution is 2.31. The van der Waals surface area contributed by atoms with Crippen molar-refractivity contribution in [1.82, 2.24) is 9.80 Å². The highest BCUT2D eigenvalue weighted by atomic mass is 16.4. The molecule has 0 atom stereocenters. The lowest BCUT2D eigenvalue weighted by Gasteiger charge is -2.32. The van der Waals surface area contributed by atoms with Crippen LogP contribution in [0.3, 0.4) is 0 Å². The number of rotatable bonds is 4. The van der Waals surface area contributed by atoms with Crippen LogP contribution < -0.4 is 5.63 Å². The van der Waals surface area contributed by atoms with Gasteiger partial charge in [-0.2, -0.15) is 0 Å². The number of aryl methyl sites for hydroxylation is 1. The second kappa shape index (κ2) is 7.78. The van der Waals surface area contributed by atoms with Crippen molar-refractivity contribution in [3.63, 3.8) is 0 Å². The van der Waals surface area contributed by atoms with Crippen LogP contribution in [0.1, 0.15) is 22.3 Å². The van der Waals surface area contributed by atoms with Crippen LogP contribution in [0.25, 0.3) is 11.0 Å². The number of likely N-dealkylation sites (N-methyl/N-ethyl adjacent to an activating group) is 1. The van der Waals surface area contributed by atoms with Gasteiger partial charge in [-0.1, -0.05) is 30.3 Å². The van der Waals surface area contributed by atoms with Gasteiger partial charge in [0.05, 0.1) is 5.56 Å². The third kappa shape index (κ3) is 3.68. The quantitative estimate of drug-likeness (QED) is 0.707. The van der Waals surface area contributed by atoms with Crippen molar-refractivity contribution in [2.45, 2.75) is 19.9 Å². The molecule has 1 N–H and O–H groups in total. The zero-order valence-electron chi connectivity index (χ0n) is 16.4. The van der Waals surface area contributed by atoms with Crippen LogP contribution in [-0.2, 0) is 13.0 Å². The summed E-state index contributed by atoms with van der Waals surface area (Å²) in [6, 6.07) is 13.5. The van der Waals surface area contributed by atoms with Crippen LogP contribution in [0.4, 0.5) is 0 Å². The van der Waals surface area contributed by atoms with Gasteiger partial charge in [0, 0.05) is 50.1 Å². The predicted molar refractivity (Wildman–Crippen MR) is 111 cm³/mol. The number of hydrogen-bond donors (Lipinski definition) is 1. The van der Waals surface area contributed by atoms with Crippen molar-refractivity contribution < 1.29 is 9.52 Å². The Kier molecular flexibility index (Phi) is 5.20. The summed E-state index contributed by atoms with van der Waals surface area (Å²) in [4.78, 5) is 17.4. The van der Waals surface area contributed by atoms with Crippen LogP contribution >= 0.6 is 0 Å². The summed E-state index contributed by atoms with van der Waals surface area (Å²) >= 11 is 0. The molecule has 28 heavy (non-hydrogen) atoms. The van der Waals surface area contributed by atoms with E-state index in [4.69, 9.17) is 4.42 Å². The lowest BCUT2D eigenvalue weighted by Crippen LogP contribution is -2.43. The van der Waals surface area contributed by atoms with E-state index in [1.165, 1.54) is 0 Å². The number of fused-ring (bicyclic) bond motifs is 1. The van der Waals surface area contributed by atoms with Crippen LogP contribution in [0.2, 0.25) is 0 Å². The molecule has 0 spiro atoms. The third-order valence-electron chi connectivity index (χ3n) is 5.73. The number of hydrogen-bond acceptors (Lipinski definition) is 5. The largest absolute Gasteiger partial charge is 0.507 e. The van der Waals surface area contributed by atoms with Gasteiger partial charge in [-0.15, -0.1) is 0 Å². The molecule has 5 heteroatoms. The van der Waals surface area contributed by atoms with Crippen LogP contribution in [0.15, 0.2) is 51.7 Å². The molecule has 1 saturated heterocycles. The summed E-state index contributed by atoms with van der Waals surface area (Å²) in [6.45, 7) is 6.40. The van der Waals surface area contributed by atoms with Gasteiger partial charge < -0.3 is 14.4 Å². The molecule has 4 rings (SSSR count). The van der Waals surface area contributed by atoms with E-state index in [0.29, 0.717) is 29.7 Å². The molecular weight excluding hydrogens is 352 g/mol. The number of nitrogens with zero attached hydrogens (tertiary/aromatic N) is 2. The first kappa shape index (κ1) is 18.7. The van der Waals surface area contributed by atoms with Crippen molar-refractivity contribution >= 4 is 11.0 Å². The second-order valence-electron chi connectivity index (χ2n) is 7.67. The fraction of sp³-hybridized carbons (Fsp3) is 0.348. The Balaban J connectivity index is 1.73. The Morgan fingerprint density at radius 1 is 1.00 bits per heavy atom. The van der Waals surface area contributed by atoms with Gasteiger partial charge in [0.1, 0.15) is 11.3 Å². The van der Waals surface area contributed by atoms with Crippen LogP contribution in [0.5, 0.6) is 5.75 Å². The maximum atomic E-state index is 12.8. The van der Waals surface area contributed by atoms with Crippen molar-refractivity contribution in [1.29, 1.82) is 0 Å².